The number of nitrogens with one attached hydrogen (secondary N) is 1. The number of amides is 1. The predicted molar refractivity (Wildman–Crippen MR) is 110 cm³/mol. The molecule has 1 saturated heterocycles. The lowest BCUT2D eigenvalue weighted by Crippen LogP contribution is -2.47. The van der Waals surface area contributed by atoms with Gasteiger partial charge in [0.25, 0.3) is 10.0 Å². The summed E-state index contributed by atoms with van der Waals surface area (Å²) in [5.41, 5.74) is 1.16. The monoisotopic (exact) mass is 422 g/mol. The summed E-state index contributed by atoms with van der Waals surface area (Å²) >= 11 is 1.20. The first-order valence-electron chi connectivity index (χ1n) is 9.40. The van der Waals surface area contributed by atoms with Gasteiger partial charge in [-0.25, -0.2) is 8.42 Å². The van der Waals surface area contributed by atoms with Gasteiger partial charge in [0.1, 0.15) is 16.6 Å². The fraction of sp³-hybridized carbons (Fsp3) is 0.450. The Hall–Kier alpha value is -1.90. The van der Waals surface area contributed by atoms with Crippen molar-refractivity contribution < 1.29 is 17.9 Å². The molecule has 1 aromatic carbocycles. The molecule has 1 aromatic heterocycles. The van der Waals surface area contributed by atoms with Crippen LogP contribution in [0.15, 0.2) is 46.0 Å². The SMILES string of the molecule is Cc1ccc(OC[C@H](C)NC(=O)[C@@H]2CCCN(S(=O)(=O)c3cccs3)C2)cc1. The smallest absolute Gasteiger partial charge is 0.252 e. The standard InChI is InChI=1S/C20H26N2O4S2/c1-15-7-9-18(10-8-15)26-14-16(2)21-20(23)17-5-3-11-22(13-17)28(24,25)19-6-4-12-27-19/h4,6-10,12,16-17H,3,5,11,13-14H2,1-2H3,(H,21,23)/t16-,17+/m0/s1. The summed E-state index contributed by atoms with van der Waals surface area (Å²) in [6, 6.07) is 10.9. The third-order valence-electron chi connectivity index (χ3n) is 4.75. The number of carbonyl (C=O) groups is 1. The van der Waals surface area contributed by atoms with E-state index in [1.165, 1.54) is 15.6 Å². The van der Waals surface area contributed by atoms with Crippen LogP contribution in [-0.2, 0) is 14.8 Å². The molecule has 0 radical (unpaired) electrons. The highest BCUT2D eigenvalue weighted by atomic mass is 32.2. The number of benzene rings is 1. The van der Waals surface area contributed by atoms with Crippen LogP contribution < -0.4 is 10.1 Å². The fourth-order valence-electron chi connectivity index (χ4n) is 3.17. The summed E-state index contributed by atoms with van der Waals surface area (Å²) in [7, 11) is -3.52. The molecular formula is C20H26N2O4S2. The highest BCUT2D eigenvalue weighted by Crippen LogP contribution is 2.26. The number of rotatable bonds is 7. The summed E-state index contributed by atoms with van der Waals surface area (Å²) in [5, 5.41) is 4.70. The lowest BCUT2D eigenvalue weighted by atomic mass is 9.98. The maximum Gasteiger partial charge on any atom is 0.252 e. The molecule has 152 valence electrons. The molecule has 3 rings (SSSR count). The Morgan fingerprint density at radius 1 is 1.32 bits per heavy atom. The largest absolute Gasteiger partial charge is 0.491 e. The second kappa shape index (κ2) is 9.07. The molecular weight excluding hydrogens is 396 g/mol. The second-order valence-corrected chi connectivity index (χ2v) is 10.3. The minimum Gasteiger partial charge on any atom is -0.491 e. The molecule has 0 unspecified atom stereocenters. The first-order chi connectivity index (χ1) is 13.4. The van der Waals surface area contributed by atoms with Crippen LogP contribution in [0.3, 0.4) is 0 Å². The Bertz CT molecular complexity index is 879. The van der Waals surface area contributed by atoms with Crippen LogP contribution >= 0.6 is 11.3 Å². The van der Waals surface area contributed by atoms with Crippen LogP contribution in [0.2, 0.25) is 0 Å². The summed E-state index contributed by atoms with van der Waals surface area (Å²) < 4.78 is 32.9. The quantitative estimate of drug-likeness (QED) is 0.744. The van der Waals surface area contributed by atoms with Crippen molar-refractivity contribution in [1.82, 2.24) is 9.62 Å². The number of sulfonamides is 1. The third kappa shape index (κ3) is 5.12. The molecule has 0 spiro atoms. The van der Waals surface area contributed by atoms with Crippen molar-refractivity contribution in [2.45, 2.75) is 36.9 Å². The van der Waals surface area contributed by atoms with Crippen molar-refractivity contribution in [3.05, 3.63) is 47.3 Å². The number of ether oxygens (including phenoxy) is 1. The van der Waals surface area contributed by atoms with Gasteiger partial charge in [-0.3, -0.25) is 4.79 Å². The number of carbonyl (C=O) groups excluding carboxylic acids is 1. The molecule has 0 saturated carbocycles. The topological polar surface area (TPSA) is 75.7 Å². The highest BCUT2D eigenvalue weighted by Gasteiger charge is 2.34. The molecule has 2 atom stereocenters. The molecule has 0 aliphatic carbocycles. The molecule has 1 amide bonds. The van der Waals surface area contributed by atoms with Gasteiger partial charge in [-0.1, -0.05) is 23.8 Å². The molecule has 1 N–H and O–H groups in total. The average Bonchev–Trinajstić information content (AvgIpc) is 3.23. The molecule has 0 bridgehead atoms. The van der Waals surface area contributed by atoms with Gasteiger partial charge in [0.15, 0.2) is 0 Å². The van der Waals surface area contributed by atoms with Gasteiger partial charge in [-0.2, -0.15) is 4.31 Å². The van der Waals surface area contributed by atoms with E-state index in [9.17, 15) is 13.2 Å². The van der Waals surface area contributed by atoms with Crippen molar-refractivity contribution in [1.29, 1.82) is 0 Å². The Kier molecular flexibility index (Phi) is 6.74. The average molecular weight is 423 g/mol. The Balaban J connectivity index is 1.53. The van der Waals surface area contributed by atoms with Crippen LogP contribution in [0.4, 0.5) is 0 Å². The van der Waals surface area contributed by atoms with Gasteiger partial charge in [0.05, 0.1) is 12.0 Å². The Morgan fingerprint density at radius 2 is 2.07 bits per heavy atom. The maximum atomic E-state index is 12.7. The lowest BCUT2D eigenvalue weighted by molar-refractivity contribution is -0.126. The summed E-state index contributed by atoms with van der Waals surface area (Å²) in [6.07, 6.45) is 1.37. The van der Waals surface area contributed by atoms with Gasteiger partial charge in [-0.05, 0) is 50.3 Å². The molecule has 8 heteroatoms. The number of nitrogens with zero attached hydrogens (tertiary/aromatic N) is 1. The van der Waals surface area contributed by atoms with Gasteiger partial charge in [0.2, 0.25) is 5.91 Å². The van der Waals surface area contributed by atoms with Crippen molar-refractivity contribution >= 4 is 27.3 Å². The van der Waals surface area contributed by atoms with Crippen LogP contribution in [0.1, 0.15) is 25.3 Å². The zero-order valence-corrected chi connectivity index (χ0v) is 17.8. The predicted octanol–water partition coefficient (Wildman–Crippen LogP) is 3.04. The number of thiophene rings is 1. The number of hydrogen-bond donors (Lipinski definition) is 1. The summed E-state index contributed by atoms with van der Waals surface area (Å²) in [4.78, 5) is 12.6. The molecule has 6 nitrogen and oxygen atoms in total. The minimum atomic E-state index is -3.52. The fourth-order valence-corrected chi connectivity index (χ4v) is 5.84. The second-order valence-electron chi connectivity index (χ2n) is 7.17. The molecule has 2 aromatic rings. The van der Waals surface area contributed by atoms with E-state index >= 15 is 0 Å². The first-order valence-corrected chi connectivity index (χ1v) is 11.7. The lowest BCUT2D eigenvalue weighted by Gasteiger charge is -2.31. The zero-order valence-electron chi connectivity index (χ0n) is 16.1. The van der Waals surface area contributed by atoms with Crippen molar-refractivity contribution in [3.63, 3.8) is 0 Å². The highest BCUT2D eigenvalue weighted by molar-refractivity contribution is 7.91. The van der Waals surface area contributed by atoms with Gasteiger partial charge in [0, 0.05) is 13.1 Å². The van der Waals surface area contributed by atoms with E-state index in [0.717, 1.165) is 11.3 Å². The molecule has 1 aliphatic heterocycles. The number of aryl methyl sites for hydroxylation is 1. The van der Waals surface area contributed by atoms with E-state index < -0.39 is 10.0 Å². The van der Waals surface area contributed by atoms with Crippen LogP contribution in [-0.4, -0.2) is 44.4 Å². The first kappa shape index (κ1) is 20.8. The van der Waals surface area contributed by atoms with E-state index in [2.05, 4.69) is 5.32 Å². The van der Waals surface area contributed by atoms with Crippen LogP contribution in [0.25, 0.3) is 0 Å². The zero-order chi connectivity index (χ0) is 20.1. The summed E-state index contributed by atoms with van der Waals surface area (Å²) in [5.74, 6) is 0.300. The normalized spacial score (nSPS) is 19.1. The third-order valence-corrected chi connectivity index (χ3v) is 7.99. The number of hydrogen-bond acceptors (Lipinski definition) is 5. The van der Waals surface area contributed by atoms with Crippen molar-refractivity contribution in [2.75, 3.05) is 19.7 Å². The van der Waals surface area contributed by atoms with E-state index in [1.807, 2.05) is 38.1 Å². The summed E-state index contributed by atoms with van der Waals surface area (Å²) in [6.45, 7) is 4.93. The van der Waals surface area contributed by atoms with E-state index in [1.54, 1.807) is 17.5 Å². The number of piperidine rings is 1. The van der Waals surface area contributed by atoms with Crippen LogP contribution in [0.5, 0.6) is 5.75 Å². The maximum absolute atomic E-state index is 12.7. The van der Waals surface area contributed by atoms with E-state index in [-0.39, 0.29) is 24.4 Å². The van der Waals surface area contributed by atoms with Crippen LogP contribution in [0, 0.1) is 12.8 Å². The molecule has 28 heavy (non-hydrogen) atoms. The molecule has 1 fully saturated rings. The molecule has 2 heterocycles. The van der Waals surface area contributed by atoms with E-state index in [4.69, 9.17) is 4.74 Å². The Labute approximate surface area is 170 Å². The van der Waals surface area contributed by atoms with Crippen molar-refractivity contribution in [3.8, 4) is 5.75 Å². The van der Waals surface area contributed by atoms with Gasteiger partial charge < -0.3 is 10.1 Å². The Morgan fingerprint density at radius 3 is 2.75 bits per heavy atom. The molecule has 1 aliphatic rings. The minimum absolute atomic E-state index is 0.119. The van der Waals surface area contributed by atoms with Gasteiger partial charge in [-0.15, -0.1) is 11.3 Å². The van der Waals surface area contributed by atoms with Gasteiger partial charge >= 0.3 is 0 Å². The van der Waals surface area contributed by atoms with E-state index in [0.29, 0.717) is 30.2 Å². The van der Waals surface area contributed by atoms with Crippen molar-refractivity contribution in [2.24, 2.45) is 5.92 Å².